The molecule has 2 aromatic carbocycles. The van der Waals surface area contributed by atoms with Gasteiger partial charge in [0.15, 0.2) is 6.61 Å². The van der Waals surface area contributed by atoms with E-state index in [2.05, 4.69) is 27.9 Å². The van der Waals surface area contributed by atoms with Crippen LogP contribution >= 0.6 is 34.2 Å². The third-order valence-corrected chi connectivity index (χ3v) is 4.10. The fourth-order valence-corrected chi connectivity index (χ4v) is 2.63. The number of benzene rings is 2. The lowest BCUT2D eigenvalue weighted by Crippen LogP contribution is -2.15. The third kappa shape index (κ3) is 5.38. The summed E-state index contributed by atoms with van der Waals surface area (Å²) in [6.45, 7) is 1.85. The SMILES string of the molecule is CCOC(=O)COc1cccc(NC(=O)c2cc(Cl)ccc2I)c1. The Kier molecular flexibility index (Phi) is 6.86. The van der Waals surface area contributed by atoms with Gasteiger partial charge in [-0.15, -0.1) is 0 Å². The Hall–Kier alpha value is -1.80. The van der Waals surface area contributed by atoms with Crippen molar-refractivity contribution in [2.24, 2.45) is 0 Å². The Labute approximate surface area is 158 Å². The number of nitrogens with one attached hydrogen (secondary N) is 1. The molecule has 1 N–H and O–H groups in total. The van der Waals surface area contributed by atoms with Crippen LogP contribution in [0.25, 0.3) is 0 Å². The maximum Gasteiger partial charge on any atom is 0.344 e. The number of rotatable bonds is 6. The average Bonchev–Trinajstić information content (AvgIpc) is 2.56. The summed E-state index contributed by atoms with van der Waals surface area (Å²) >= 11 is 8.01. The van der Waals surface area contributed by atoms with Gasteiger partial charge in [0.25, 0.3) is 5.91 Å². The molecule has 1 amide bonds. The van der Waals surface area contributed by atoms with E-state index >= 15 is 0 Å². The molecule has 0 aliphatic carbocycles. The molecule has 0 aliphatic rings. The van der Waals surface area contributed by atoms with E-state index in [1.807, 2.05) is 0 Å². The van der Waals surface area contributed by atoms with Crippen LogP contribution in [0.4, 0.5) is 5.69 Å². The number of halogens is 2. The minimum Gasteiger partial charge on any atom is -0.482 e. The van der Waals surface area contributed by atoms with Gasteiger partial charge in [0.1, 0.15) is 5.75 Å². The summed E-state index contributed by atoms with van der Waals surface area (Å²) < 4.78 is 10.9. The van der Waals surface area contributed by atoms with E-state index in [9.17, 15) is 9.59 Å². The lowest BCUT2D eigenvalue weighted by Gasteiger charge is -2.10. The number of esters is 1. The van der Waals surface area contributed by atoms with E-state index in [4.69, 9.17) is 21.1 Å². The van der Waals surface area contributed by atoms with E-state index in [1.165, 1.54) is 0 Å². The Bertz CT molecular complexity index is 751. The topological polar surface area (TPSA) is 64.6 Å². The maximum atomic E-state index is 12.4. The second kappa shape index (κ2) is 8.89. The molecule has 0 aromatic heterocycles. The Morgan fingerprint density at radius 3 is 2.75 bits per heavy atom. The van der Waals surface area contributed by atoms with E-state index in [0.29, 0.717) is 28.6 Å². The van der Waals surface area contributed by atoms with Gasteiger partial charge in [0.2, 0.25) is 0 Å². The summed E-state index contributed by atoms with van der Waals surface area (Å²) in [6, 6.07) is 11.9. The number of amides is 1. The maximum absolute atomic E-state index is 12.4. The number of carbonyl (C=O) groups excluding carboxylic acids is 2. The number of hydrogen-bond acceptors (Lipinski definition) is 4. The van der Waals surface area contributed by atoms with Gasteiger partial charge in [0, 0.05) is 20.3 Å². The van der Waals surface area contributed by atoms with Crippen LogP contribution in [0.15, 0.2) is 42.5 Å². The second-order valence-corrected chi connectivity index (χ2v) is 6.30. The summed E-state index contributed by atoms with van der Waals surface area (Å²) in [5, 5.41) is 3.27. The highest BCUT2D eigenvalue weighted by Crippen LogP contribution is 2.21. The first kappa shape index (κ1) is 18.5. The minimum atomic E-state index is -0.444. The van der Waals surface area contributed by atoms with E-state index in [0.717, 1.165) is 3.57 Å². The van der Waals surface area contributed by atoms with Crippen LogP contribution in [0.1, 0.15) is 17.3 Å². The summed E-state index contributed by atoms with van der Waals surface area (Å²) in [4.78, 5) is 23.7. The molecule has 0 heterocycles. The van der Waals surface area contributed by atoms with Crippen molar-refractivity contribution >= 4 is 51.8 Å². The molecule has 24 heavy (non-hydrogen) atoms. The zero-order chi connectivity index (χ0) is 17.5. The molecule has 0 bridgehead atoms. The van der Waals surface area contributed by atoms with Crippen LogP contribution < -0.4 is 10.1 Å². The summed E-state index contributed by atoms with van der Waals surface area (Å²) in [6.07, 6.45) is 0. The van der Waals surface area contributed by atoms with Gasteiger partial charge in [-0.05, 0) is 59.8 Å². The predicted molar refractivity (Wildman–Crippen MR) is 101 cm³/mol. The van der Waals surface area contributed by atoms with Crippen molar-refractivity contribution in [3.05, 3.63) is 56.6 Å². The fourth-order valence-electron chi connectivity index (χ4n) is 1.88. The monoisotopic (exact) mass is 459 g/mol. The van der Waals surface area contributed by atoms with E-state index in [-0.39, 0.29) is 12.5 Å². The number of carbonyl (C=O) groups is 2. The van der Waals surface area contributed by atoms with Crippen molar-refractivity contribution in [1.29, 1.82) is 0 Å². The predicted octanol–water partition coefficient (Wildman–Crippen LogP) is 4.14. The molecule has 0 saturated carbocycles. The van der Waals surface area contributed by atoms with Gasteiger partial charge in [0.05, 0.1) is 12.2 Å². The standard InChI is InChI=1S/C17H15ClINO4/c1-2-23-16(21)10-24-13-5-3-4-12(9-13)20-17(22)14-8-11(18)6-7-15(14)19/h3-9H,2,10H2,1H3,(H,20,22). The molecule has 0 saturated heterocycles. The number of ether oxygens (including phenoxy) is 2. The summed E-state index contributed by atoms with van der Waals surface area (Å²) in [7, 11) is 0. The fraction of sp³-hybridized carbons (Fsp3) is 0.176. The molecule has 0 fully saturated rings. The first-order valence-corrected chi connectivity index (χ1v) is 8.60. The van der Waals surface area contributed by atoms with Crippen molar-refractivity contribution in [3.8, 4) is 5.75 Å². The molecule has 5 nitrogen and oxygen atoms in total. The molecule has 126 valence electrons. The average molecular weight is 460 g/mol. The number of anilines is 1. The van der Waals surface area contributed by atoms with Gasteiger partial charge in [-0.1, -0.05) is 17.7 Å². The number of hydrogen-bond donors (Lipinski definition) is 1. The first-order valence-electron chi connectivity index (χ1n) is 7.14. The molecular weight excluding hydrogens is 445 g/mol. The van der Waals surface area contributed by atoms with E-state index in [1.54, 1.807) is 49.4 Å². The van der Waals surface area contributed by atoms with Crippen LogP contribution in [0.2, 0.25) is 5.02 Å². The van der Waals surface area contributed by atoms with Crippen molar-refractivity contribution in [1.82, 2.24) is 0 Å². The van der Waals surface area contributed by atoms with Gasteiger partial charge in [-0.25, -0.2) is 4.79 Å². The van der Waals surface area contributed by atoms with Crippen molar-refractivity contribution < 1.29 is 19.1 Å². The molecule has 0 atom stereocenters. The zero-order valence-electron chi connectivity index (χ0n) is 12.8. The Balaban J connectivity index is 2.05. The van der Waals surface area contributed by atoms with Crippen LogP contribution in [0.3, 0.4) is 0 Å². The van der Waals surface area contributed by atoms with Crippen LogP contribution in [-0.2, 0) is 9.53 Å². The van der Waals surface area contributed by atoms with Crippen LogP contribution in [-0.4, -0.2) is 25.1 Å². The largest absolute Gasteiger partial charge is 0.482 e. The molecule has 0 radical (unpaired) electrons. The van der Waals surface area contributed by atoms with Gasteiger partial charge in [-0.3, -0.25) is 4.79 Å². The Morgan fingerprint density at radius 2 is 2.00 bits per heavy atom. The molecule has 0 unspecified atom stereocenters. The quantitative estimate of drug-likeness (QED) is 0.521. The van der Waals surface area contributed by atoms with Crippen molar-refractivity contribution in [2.75, 3.05) is 18.5 Å². The molecule has 7 heteroatoms. The molecule has 2 aromatic rings. The third-order valence-electron chi connectivity index (χ3n) is 2.93. The smallest absolute Gasteiger partial charge is 0.344 e. The van der Waals surface area contributed by atoms with Gasteiger partial charge < -0.3 is 14.8 Å². The lowest BCUT2D eigenvalue weighted by atomic mass is 10.2. The zero-order valence-corrected chi connectivity index (χ0v) is 15.8. The highest BCUT2D eigenvalue weighted by Gasteiger charge is 2.11. The highest BCUT2D eigenvalue weighted by atomic mass is 127. The first-order chi connectivity index (χ1) is 11.5. The van der Waals surface area contributed by atoms with Crippen LogP contribution in [0.5, 0.6) is 5.75 Å². The normalized spacial score (nSPS) is 10.1. The van der Waals surface area contributed by atoms with Crippen molar-refractivity contribution in [2.45, 2.75) is 6.92 Å². The molecule has 0 spiro atoms. The summed E-state index contributed by atoms with van der Waals surface area (Å²) in [5.74, 6) is -0.258. The molecule has 2 rings (SSSR count). The van der Waals surface area contributed by atoms with Gasteiger partial charge in [-0.2, -0.15) is 0 Å². The van der Waals surface area contributed by atoms with Gasteiger partial charge >= 0.3 is 5.97 Å². The van der Waals surface area contributed by atoms with E-state index < -0.39 is 5.97 Å². The highest BCUT2D eigenvalue weighted by molar-refractivity contribution is 14.1. The summed E-state index contributed by atoms with van der Waals surface area (Å²) in [5.41, 5.74) is 1.04. The Morgan fingerprint density at radius 1 is 1.21 bits per heavy atom. The van der Waals surface area contributed by atoms with Crippen LogP contribution in [0, 0.1) is 3.57 Å². The van der Waals surface area contributed by atoms with Crippen molar-refractivity contribution in [3.63, 3.8) is 0 Å². The molecule has 0 aliphatic heterocycles. The molecular formula is C17H15ClINO4. The minimum absolute atomic E-state index is 0.183. The second-order valence-electron chi connectivity index (χ2n) is 4.70. The lowest BCUT2D eigenvalue weighted by molar-refractivity contribution is -0.145.